The van der Waals surface area contributed by atoms with E-state index in [-0.39, 0.29) is 23.1 Å². The molecule has 18 heavy (non-hydrogen) atoms. The number of hydrogen-bond acceptors (Lipinski definition) is 4. The van der Waals surface area contributed by atoms with Gasteiger partial charge in [0.2, 0.25) is 0 Å². The van der Waals surface area contributed by atoms with Crippen molar-refractivity contribution < 1.29 is 4.92 Å². The van der Waals surface area contributed by atoms with Gasteiger partial charge in [0.25, 0.3) is 5.69 Å². The van der Waals surface area contributed by atoms with Gasteiger partial charge < -0.3 is 10.2 Å². The van der Waals surface area contributed by atoms with E-state index < -0.39 is 4.92 Å². The molecule has 0 saturated heterocycles. The summed E-state index contributed by atoms with van der Waals surface area (Å²) in [4.78, 5) is 12.2. The highest BCUT2D eigenvalue weighted by molar-refractivity contribution is 6.32. The van der Waals surface area contributed by atoms with Gasteiger partial charge in [0.1, 0.15) is 5.02 Å². The van der Waals surface area contributed by atoms with Crippen molar-refractivity contribution in [1.82, 2.24) is 10.2 Å². The zero-order valence-electron chi connectivity index (χ0n) is 10.4. The molecule has 0 atom stereocenters. The summed E-state index contributed by atoms with van der Waals surface area (Å²) in [6, 6.07) is 4.83. The number of rotatable bonds is 6. The number of nitro benzene ring substituents is 1. The SMILES string of the molecule is CNCCN(C)Cc1ccc([N+](=O)[O-])c(Cl)c1.Cl. The maximum absolute atomic E-state index is 10.6. The third kappa shape index (κ3) is 5.18. The molecule has 1 N–H and O–H groups in total. The predicted molar refractivity (Wildman–Crippen MR) is 75.6 cm³/mol. The summed E-state index contributed by atoms with van der Waals surface area (Å²) in [5, 5.41) is 13.9. The van der Waals surface area contributed by atoms with Gasteiger partial charge in [0, 0.05) is 25.7 Å². The lowest BCUT2D eigenvalue weighted by molar-refractivity contribution is -0.384. The lowest BCUT2D eigenvalue weighted by atomic mass is 10.2. The zero-order chi connectivity index (χ0) is 12.8. The van der Waals surface area contributed by atoms with Crippen LogP contribution in [0, 0.1) is 10.1 Å². The first-order valence-electron chi connectivity index (χ1n) is 5.30. The first-order chi connectivity index (χ1) is 8.04. The maximum atomic E-state index is 10.6. The van der Waals surface area contributed by atoms with Gasteiger partial charge in [-0.25, -0.2) is 0 Å². The first kappa shape index (κ1) is 17.1. The van der Waals surface area contributed by atoms with Crippen molar-refractivity contribution in [1.29, 1.82) is 0 Å². The maximum Gasteiger partial charge on any atom is 0.287 e. The van der Waals surface area contributed by atoms with E-state index in [9.17, 15) is 10.1 Å². The molecule has 0 aliphatic rings. The second-order valence-corrected chi connectivity index (χ2v) is 4.29. The second-order valence-electron chi connectivity index (χ2n) is 3.88. The number of hydrogen-bond donors (Lipinski definition) is 1. The molecule has 1 aromatic rings. The van der Waals surface area contributed by atoms with Gasteiger partial charge in [-0.1, -0.05) is 17.7 Å². The standard InChI is InChI=1S/C11H16ClN3O2.ClH/c1-13-5-6-14(2)8-9-3-4-11(15(16)17)10(12)7-9;/h3-4,7,13H,5-6,8H2,1-2H3;1H. The van der Waals surface area contributed by atoms with Crippen molar-refractivity contribution >= 4 is 29.7 Å². The molecular formula is C11H17Cl2N3O2. The number of likely N-dealkylation sites (N-methyl/N-ethyl adjacent to an activating group) is 2. The van der Waals surface area contributed by atoms with Crippen LogP contribution in [0.2, 0.25) is 5.02 Å². The Labute approximate surface area is 118 Å². The minimum absolute atomic E-state index is 0. The summed E-state index contributed by atoms with van der Waals surface area (Å²) in [6.07, 6.45) is 0. The Morgan fingerprint density at radius 1 is 1.50 bits per heavy atom. The van der Waals surface area contributed by atoms with E-state index >= 15 is 0 Å². The Bertz CT molecular complexity index is 402. The summed E-state index contributed by atoms with van der Waals surface area (Å²) in [7, 11) is 3.89. The molecule has 1 aromatic carbocycles. The van der Waals surface area contributed by atoms with Crippen molar-refractivity contribution in [2.75, 3.05) is 27.2 Å². The first-order valence-corrected chi connectivity index (χ1v) is 5.68. The molecule has 0 bridgehead atoms. The monoisotopic (exact) mass is 293 g/mol. The molecule has 1 rings (SSSR count). The molecule has 0 aliphatic carbocycles. The van der Waals surface area contributed by atoms with Crippen LogP contribution in [0.15, 0.2) is 18.2 Å². The van der Waals surface area contributed by atoms with Crippen LogP contribution in [0.3, 0.4) is 0 Å². The highest BCUT2D eigenvalue weighted by atomic mass is 35.5. The van der Waals surface area contributed by atoms with Gasteiger partial charge in [-0.2, -0.15) is 0 Å². The molecular weight excluding hydrogens is 277 g/mol. The smallest absolute Gasteiger partial charge is 0.287 e. The van der Waals surface area contributed by atoms with Crippen molar-refractivity contribution in [2.24, 2.45) is 0 Å². The van der Waals surface area contributed by atoms with E-state index in [1.165, 1.54) is 6.07 Å². The van der Waals surface area contributed by atoms with Gasteiger partial charge >= 0.3 is 0 Å². The normalized spacial score (nSPS) is 10.2. The fourth-order valence-corrected chi connectivity index (χ4v) is 1.76. The Balaban J connectivity index is 0.00000289. The Hall–Kier alpha value is -0.880. The van der Waals surface area contributed by atoms with Gasteiger partial charge in [-0.05, 0) is 25.7 Å². The lowest BCUT2D eigenvalue weighted by Gasteiger charge is -2.16. The minimum Gasteiger partial charge on any atom is -0.318 e. The third-order valence-corrected chi connectivity index (χ3v) is 2.71. The molecule has 0 aromatic heterocycles. The van der Waals surface area contributed by atoms with Gasteiger partial charge in [0.05, 0.1) is 4.92 Å². The van der Waals surface area contributed by atoms with E-state index in [0.29, 0.717) is 0 Å². The summed E-state index contributed by atoms with van der Waals surface area (Å²) >= 11 is 5.84. The van der Waals surface area contributed by atoms with Crippen LogP contribution < -0.4 is 5.32 Å². The average molecular weight is 294 g/mol. The fourth-order valence-electron chi connectivity index (χ4n) is 1.49. The fraction of sp³-hybridized carbons (Fsp3) is 0.455. The molecule has 0 fully saturated rings. The predicted octanol–water partition coefficient (Wildman–Crippen LogP) is 2.32. The van der Waals surface area contributed by atoms with Gasteiger partial charge in [-0.15, -0.1) is 12.4 Å². The highest BCUT2D eigenvalue weighted by Crippen LogP contribution is 2.25. The number of benzene rings is 1. The molecule has 7 heteroatoms. The summed E-state index contributed by atoms with van der Waals surface area (Å²) in [6.45, 7) is 2.53. The number of nitrogens with one attached hydrogen (secondary N) is 1. The molecule has 5 nitrogen and oxygen atoms in total. The van der Waals surface area contributed by atoms with Crippen LogP contribution in [0.4, 0.5) is 5.69 Å². The van der Waals surface area contributed by atoms with Crippen molar-refractivity contribution in [2.45, 2.75) is 6.54 Å². The number of nitro groups is 1. The highest BCUT2D eigenvalue weighted by Gasteiger charge is 2.12. The third-order valence-electron chi connectivity index (χ3n) is 2.40. The van der Waals surface area contributed by atoms with Crippen LogP contribution in [-0.2, 0) is 6.54 Å². The van der Waals surface area contributed by atoms with E-state index in [1.54, 1.807) is 12.1 Å². The molecule has 0 saturated carbocycles. The molecule has 0 unspecified atom stereocenters. The molecule has 0 spiro atoms. The van der Waals surface area contributed by atoms with Crippen molar-refractivity contribution in [3.8, 4) is 0 Å². The molecule has 102 valence electrons. The topological polar surface area (TPSA) is 58.4 Å². The van der Waals surface area contributed by atoms with Gasteiger partial charge in [-0.3, -0.25) is 10.1 Å². The Kier molecular flexibility index (Phi) is 7.86. The largest absolute Gasteiger partial charge is 0.318 e. The van der Waals surface area contributed by atoms with Gasteiger partial charge in [0.15, 0.2) is 0 Å². The molecule has 0 aliphatic heterocycles. The van der Waals surface area contributed by atoms with E-state index in [4.69, 9.17) is 11.6 Å². The molecule has 0 radical (unpaired) electrons. The van der Waals surface area contributed by atoms with Crippen molar-refractivity contribution in [3.63, 3.8) is 0 Å². The summed E-state index contributed by atoms with van der Waals surface area (Å²) in [5.41, 5.74) is 0.924. The van der Waals surface area contributed by atoms with E-state index in [0.717, 1.165) is 25.2 Å². The Morgan fingerprint density at radius 2 is 2.17 bits per heavy atom. The zero-order valence-corrected chi connectivity index (χ0v) is 11.9. The molecule has 0 amide bonds. The van der Waals surface area contributed by atoms with Crippen molar-refractivity contribution in [3.05, 3.63) is 38.9 Å². The number of nitrogens with zero attached hydrogens (tertiary/aromatic N) is 2. The Morgan fingerprint density at radius 3 is 2.67 bits per heavy atom. The lowest BCUT2D eigenvalue weighted by Crippen LogP contribution is -2.26. The summed E-state index contributed by atoms with van der Waals surface area (Å²) < 4.78 is 0. The van der Waals surface area contributed by atoms with Crippen LogP contribution in [0.5, 0.6) is 0 Å². The van der Waals surface area contributed by atoms with Crippen LogP contribution in [0.25, 0.3) is 0 Å². The second kappa shape index (κ2) is 8.26. The van der Waals surface area contributed by atoms with E-state index in [2.05, 4.69) is 10.2 Å². The van der Waals surface area contributed by atoms with E-state index in [1.807, 2.05) is 14.1 Å². The van der Waals surface area contributed by atoms with Crippen LogP contribution in [0.1, 0.15) is 5.56 Å². The quantitative estimate of drug-likeness (QED) is 0.646. The molecule has 0 heterocycles. The average Bonchev–Trinajstić information content (AvgIpc) is 2.26. The summed E-state index contributed by atoms with van der Waals surface area (Å²) in [5.74, 6) is 0. The van der Waals surface area contributed by atoms with Crippen LogP contribution >= 0.6 is 24.0 Å². The number of halogens is 2. The minimum atomic E-state index is -0.475. The van der Waals surface area contributed by atoms with Crippen LogP contribution in [-0.4, -0.2) is 37.0 Å².